The molecule has 0 unspecified atom stereocenters. The standard InChI is InChI=1S/C22H23Br/c23-21-7-6-19(11-20(21)18-4-2-1-3-5-18)22-12-15-8-16(13-22)10-17(9-15)14-22/h1-7,11,15-17H,8-10,12-14H2. The Kier molecular flexibility index (Phi) is 3.23. The molecule has 0 radical (unpaired) electrons. The molecule has 1 heteroatoms. The Balaban J connectivity index is 1.59. The van der Waals surface area contributed by atoms with Crippen LogP contribution in [0.25, 0.3) is 11.1 Å². The van der Waals surface area contributed by atoms with Crippen LogP contribution in [0.3, 0.4) is 0 Å². The molecular weight excluding hydrogens is 344 g/mol. The maximum absolute atomic E-state index is 3.78. The SMILES string of the molecule is Brc1ccc(C23CC4CC(CC(C4)C2)C3)cc1-c1ccccc1. The van der Waals surface area contributed by atoms with Crippen molar-refractivity contribution in [2.75, 3.05) is 0 Å². The maximum Gasteiger partial charge on any atom is 0.0253 e. The molecule has 0 aliphatic heterocycles. The summed E-state index contributed by atoms with van der Waals surface area (Å²) in [6.45, 7) is 0. The normalized spacial score (nSPS) is 34.7. The molecule has 4 bridgehead atoms. The average Bonchev–Trinajstić information content (AvgIpc) is 2.55. The number of halogens is 1. The molecule has 2 aromatic carbocycles. The van der Waals surface area contributed by atoms with Gasteiger partial charge < -0.3 is 0 Å². The Labute approximate surface area is 147 Å². The van der Waals surface area contributed by atoms with E-state index in [9.17, 15) is 0 Å². The fourth-order valence-electron chi connectivity index (χ4n) is 6.16. The zero-order valence-electron chi connectivity index (χ0n) is 13.5. The van der Waals surface area contributed by atoms with Crippen LogP contribution in [0, 0.1) is 17.8 Å². The van der Waals surface area contributed by atoms with Crippen molar-refractivity contribution in [3.05, 3.63) is 58.6 Å². The minimum atomic E-state index is 0.485. The predicted octanol–water partition coefficient (Wildman–Crippen LogP) is 6.58. The van der Waals surface area contributed by atoms with Crippen LogP contribution in [0.15, 0.2) is 53.0 Å². The van der Waals surface area contributed by atoms with Gasteiger partial charge in [0.05, 0.1) is 0 Å². The lowest BCUT2D eigenvalue weighted by Crippen LogP contribution is -2.48. The summed E-state index contributed by atoms with van der Waals surface area (Å²) in [5.74, 6) is 3.01. The van der Waals surface area contributed by atoms with E-state index in [1.165, 1.54) is 54.1 Å². The molecule has 0 heterocycles. The van der Waals surface area contributed by atoms with Gasteiger partial charge >= 0.3 is 0 Å². The number of hydrogen-bond acceptors (Lipinski definition) is 0. The second-order valence-electron chi connectivity index (χ2n) is 8.26. The third-order valence-electron chi connectivity index (χ3n) is 6.70. The first-order valence-electron chi connectivity index (χ1n) is 9.07. The molecular formula is C22H23Br. The second-order valence-corrected chi connectivity index (χ2v) is 9.11. The molecule has 0 aromatic heterocycles. The largest absolute Gasteiger partial charge is 0.0622 e. The summed E-state index contributed by atoms with van der Waals surface area (Å²) >= 11 is 3.78. The molecule has 0 N–H and O–H groups in total. The van der Waals surface area contributed by atoms with E-state index in [-0.39, 0.29) is 0 Å². The Morgan fingerprint density at radius 1 is 0.783 bits per heavy atom. The van der Waals surface area contributed by atoms with Crippen molar-refractivity contribution in [2.24, 2.45) is 17.8 Å². The lowest BCUT2D eigenvalue weighted by atomic mass is 9.48. The molecule has 0 saturated heterocycles. The molecule has 0 nitrogen and oxygen atoms in total. The van der Waals surface area contributed by atoms with Crippen LogP contribution in [-0.4, -0.2) is 0 Å². The Morgan fingerprint density at radius 2 is 1.39 bits per heavy atom. The van der Waals surface area contributed by atoms with Gasteiger partial charge in [-0.2, -0.15) is 0 Å². The van der Waals surface area contributed by atoms with E-state index < -0.39 is 0 Å². The number of hydrogen-bond donors (Lipinski definition) is 0. The van der Waals surface area contributed by atoms with Gasteiger partial charge in [-0.25, -0.2) is 0 Å². The van der Waals surface area contributed by atoms with E-state index in [4.69, 9.17) is 0 Å². The van der Waals surface area contributed by atoms with Crippen LogP contribution < -0.4 is 0 Å². The van der Waals surface area contributed by atoms with Crippen LogP contribution >= 0.6 is 15.9 Å². The molecule has 4 aliphatic carbocycles. The van der Waals surface area contributed by atoms with Gasteiger partial charge in [0, 0.05) is 4.47 Å². The highest BCUT2D eigenvalue weighted by Crippen LogP contribution is 2.61. The maximum atomic E-state index is 3.78. The van der Waals surface area contributed by atoms with E-state index in [2.05, 4.69) is 64.5 Å². The van der Waals surface area contributed by atoms with Gasteiger partial charge in [0.2, 0.25) is 0 Å². The van der Waals surface area contributed by atoms with Gasteiger partial charge in [-0.15, -0.1) is 0 Å². The third-order valence-corrected chi connectivity index (χ3v) is 7.39. The van der Waals surface area contributed by atoms with Gasteiger partial charge in [-0.05, 0) is 90.5 Å². The third kappa shape index (κ3) is 2.31. The zero-order valence-corrected chi connectivity index (χ0v) is 15.1. The number of benzene rings is 2. The summed E-state index contributed by atoms with van der Waals surface area (Å²) in [7, 11) is 0. The first-order valence-corrected chi connectivity index (χ1v) is 9.87. The Bertz CT molecular complexity index is 696. The monoisotopic (exact) mass is 366 g/mol. The Hall–Kier alpha value is -1.08. The van der Waals surface area contributed by atoms with Gasteiger partial charge in [0.1, 0.15) is 0 Å². The van der Waals surface area contributed by atoms with Gasteiger partial charge in [0.25, 0.3) is 0 Å². The van der Waals surface area contributed by atoms with Crippen molar-refractivity contribution in [1.29, 1.82) is 0 Å². The molecule has 6 rings (SSSR count). The average molecular weight is 367 g/mol. The minimum absolute atomic E-state index is 0.485. The first kappa shape index (κ1) is 14.3. The molecule has 4 fully saturated rings. The molecule has 0 spiro atoms. The molecule has 23 heavy (non-hydrogen) atoms. The number of rotatable bonds is 2. The van der Waals surface area contributed by atoms with E-state index in [0.717, 1.165) is 17.8 Å². The molecule has 4 aliphatic rings. The molecule has 0 atom stereocenters. The van der Waals surface area contributed by atoms with Crippen molar-refractivity contribution in [2.45, 2.75) is 43.9 Å². The van der Waals surface area contributed by atoms with Crippen LogP contribution in [0.1, 0.15) is 44.1 Å². The molecule has 2 aromatic rings. The van der Waals surface area contributed by atoms with Crippen LogP contribution in [0.4, 0.5) is 0 Å². The van der Waals surface area contributed by atoms with Gasteiger partial charge in [-0.1, -0.05) is 52.3 Å². The summed E-state index contributed by atoms with van der Waals surface area (Å²) in [6, 6.07) is 18.0. The van der Waals surface area contributed by atoms with Crippen LogP contribution in [0.2, 0.25) is 0 Å². The van der Waals surface area contributed by atoms with E-state index in [1.807, 2.05) is 0 Å². The van der Waals surface area contributed by atoms with Crippen molar-refractivity contribution in [3.8, 4) is 11.1 Å². The molecule has 4 saturated carbocycles. The van der Waals surface area contributed by atoms with Crippen LogP contribution in [0.5, 0.6) is 0 Å². The van der Waals surface area contributed by atoms with Crippen molar-refractivity contribution in [1.82, 2.24) is 0 Å². The first-order chi connectivity index (χ1) is 11.2. The minimum Gasteiger partial charge on any atom is -0.0622 e. The van der Waals surface area contributed by atoms with E-state index in [1.54, 1.807) is 5.56 Å². The summed E-state index contributed by atoms with van der Waals surface area (Å²) in [6.07, 6.45) is 8.86. The smallest absolute Gasteiger partial charge is 0.0253 e. The fraction of sp³-hybridized carbons (Fsp3) is 0.455. The fourth-order valence-corrected chi connectivity index (χ4v) is 6.63. The zero-order chi connectivity index (χ0) is 15.4. The summed E-state index contributed by atoms with van der Waals surface area (Å²) in [5, 5.41) is 0. The van der Waals surface area contributed by atoms with E-state index in [0.29, 0.717) is 5.41 Å². The lowest BCUT2D eigenvalue weighted by molar-refractivity contribution is -0.00517. The highest BCUT2D eigenvalue weighted by atomic mass is 79.9. The van der Waals surface area contributed by atoms with Gasteiger partial charge in [-0.3, -0.25) is 0 Å². The Morgan fingerprint density at radius 3 is 2.00 bits per heavy atom. The van der Waals surface area contributed by atoms with Crippen molar-refractivity contribution >= 4 is 15.9 Å². The summed E-state index contributed by atoms with van der Waals surface area (Å²) in [4.78, 5) is 0. The summed E-state index contributed by atoms with van der Waals surface area (Å²) in [5.41, 5.74) is 4.78. The molecule has 0 amide bonds. The lowest BCUT2D eigenvalue weighted by Gasteiger charge is -2.57. The topological polar surface area (TPSA) is 0 Å². The van der Waals surface area contributed by atoms with Crippen molar-refractivity contribution in [3.63, 3.8) is 0 Å². The van der Waals surface area contributed by atoms with Gasteiger partial charge in [0.15, 0.2) is 0 Å². The highest BCUT2D eigenvalue weighted by molar-refractivity contribution is 9.10. The quantitative estimate of drug-likeness (QED) is 0.562. The predicted molar refractivity (Wildman–Crippen MR) is 99.4 cm³/mol. The van der Waals surface area contributed by atoms with Crippen molar-refractivity contribution < 1.29 is 0 Å². The molecule has 118 valence electrons. The highest BCUT2D eigenvalue weighted by Gasteiger charge is 2.51. The van der Waals surface area contributed by atoms with E-state index >= 15 is 0 Å². The summed E-state index contributed by atoms with van der Waals surface area (Å²) < 4.78 is 1.22. The van der Waals surface area contributed by atoms with Crippen LogP contribution in [-0.2, 0) is 5.41 Å². The second kappa shape index (κ2) is 5.21.